The van der Waals surface area contributed by atoms with Crippen molar-refractivity contribution < 1.29 is 9.90 Å². The van der Waals surface area contributed by atoms with Crippen molar-refractivity contribution in [3.8, 4) is 5.69 Å². The molecule has 1 aromatic heterocycles. The lowest BCUT2D eigenvalue weighted by Gasteiger charge is -2.19. The number of nitrogens with zero attached hydrogens (tertiary/aromatic N) is 2. The first-order valence-corrected chi connectivity index (χ1v) is 11.8. The smallest absolute Gasteiger partial charge is 0.272 e. The van der Waals surface area contributed by atoms with Crippen molar-refractivity contribution in [2.45, 2.75) is 38.0 Å². The quantitative estimate of drug-likeness (QED) is 0.440. The van der Waals surface area contributed by atoms with Crippen molar-refractivity contribution in [2.75, 3.05) is 13.2 Å². The van der Waals surface area contributed by atoms with Crippen LogP contribution in [0.2, 0.25) is 15.1 Å². The number of hydrogen-bond acceptors (Lipinski definition) is 3. The minimum atomic E-state index is -0.289. The zero-order valence-electron chi connectivity index (χ0n) is 17.5. The predicted octanol–water partition coefficient (Wildman–Crippen LogP) is 5.61. The second-order valence-electron chi connectivity index (χ2n) is 7.98. The standard InChI is InChI=1S/C24H24Cl3N3O2/c25-17-6-3-4-15(13-17)12-16-5-1-2-7-19-22(24(32)28-10-11-31)29-30(23(16)19)21-9-8-18(26)14-20(21)27/h3-4,6,8-9,13-14,16,31H,1-2,5,7,10-12H2,(H,28,32). The first-order chi connectivity index (χ1) is 15.5. The summed E-state index contributed by atoms with van der Waals surface area (Å²) in [6.07, 6.45) is 4.52. The van der Waals surface area contributed by atoms with E-state index in [0.717, 1.165) is 48.9 Å². The van der Waals surface area contributed by atoms with Gasteiger partial charge in [0.2, 0.25) is 0 Å². The van der Waals surface area contributed by atoms with Crippen LogP contribution in [-0.4, -0.2) is 33.9 Å². The number of rotatable bonds is 6. The maximum Gasteiger partial charge on any atom is 0.272 e. The average molecular weight is 493 g/mol. The van der Waals surface area contributed by atoms with E-state index in [1.165, 1.54) is 0 Å². The van der Waals surface area contributed by atoms with Crippen LogP contribution in [0.3, 0.4) is 0 Å². The summed E-state index contributed by atoms with van der Waals surface area (Å²) in [5.41, 5.74) is 4.15. The number of hydrogen-bond donors (Lipinski definition) is 2. The molecule has 0 saturated carbocycles. The molecule has 0 bridgehead atoms. The SMILES string of the molecule is O=C(NCCO)c1nn(-c2ccc(Cl)cc2Cl)c2c1CCCCC2Cc1cccc(Cl)c1. The summed E-state index contributed by atoms with van der Waals surface area (Å²) in [7, 11) is 0. The summed E-state index contributed by atoms with van der Waals surface area (Å²) >= 11 is 18.9. The van der Waals surface area contributed by atoms with Crippen molar-refractivity contribution in [1.29, 1.82) is 0 Å². The average Bonchev–Trinajstić information content (AvgIpc) is 3.01. The number of carbonyl (C=O) groups is 1. The molecular weight excluding hydrogens is 469 g/mol. The molecule has 32 heavy (non-hydrogen) atoms. The summed E-state index contributed by atoms with van der Waals surface area (Å²) in [4.78, 5) is 12.9. The molecule has 1 unspecified atom stereocenters. The first-order valence-electron chi connectivity index (χ1n) is 10.7. The van der Waals surface area contributed by atoms with Gasteiger partial charge in [0.05, 0.1) is 23.0 Å². The Morgan fingerprint density at radius 2 is 1.94 bits per heavy atom. The van der Waals surface area contributed by atoms with Gasteiger partial charge in [-0.1, -0.05) is 53.4 Å². The van der Waals surface area contributed by atoms with Crippen LogP contribution in [-0.2, 0) is 12.8 Å². The summed E-state index contributed by atoms with van der Waals surface area (Å²) in [5.74, 6) is -0.146. The lowest BCUT2D eigenvalue weighted by molar-refractivity contribution is 0.0938. The number of aliphatic hydroxyl groups excluding tert-OH is 1. The van der Waals surface area contributed by atoms with Crippen molar-refractivity contribution in [2.24, 2.45) is 0 Å². The molecule has 0 fully saturated rings. The van der Waals surface area contributed by atoms with E-state index in [-0.39, 0.29) is 25.0 Å². The van der Waals surface area contributed by atoms with Crippen LogP contribution in [0.15, 0.2) is 42.5 Å². The maximum atomic E-state index is 12.9. The lowest BCUT2D eigenvalue weighted by atomic mass is 9.91. The van der Waals surface area contributed by atoms with Crippen LogP contribution in [0.25, 0.3) is 5.69 Å². The highest BCUT2D eigenvalue weighted by Crippen LogP contribution is 2.38. The minimum Gasteiger partial charge on any atom is -0.395 e. The Morgan fingerprint density at radius 3 is 2.69 bits per heavy atom. The molecule has 0 saturated heterocycles. The Labute approximate surface area is 202 Å². The van der Waals surface area contributed by atoms with E-state index in [1.807, 2.05) is 28.9 Å². The van der Waals surface area contributed by atoms with Gasteiger partial charge < -0.3 is 10.4 Å². The van der Waals surface area contributed by atoms with Crippen LogP contribution in [0.5, 0.6) is 0 Å². The predicted molar refractivity (Wildman–Crippen MR) is 128 cm³/mol. The second kappa shape index (κ2) is 10.3. The molecule has 1 atom stereocenters. The topological polar surface area (TPSA) is 67.2 Å². The van der Waals surface area contributed by atoms with Gasteiger partial charge in [0, 0.05) is 28.1 Å². The molecule has 2 N–H and O–H groups in total. The molecule has 1 aliphatic carbocycles. The Balaban J connectivity index is 1.85. The summed E-state index contributed by atoms with van der Waals surface area (Å²) < 4.78 is 1.81. The molecule has 1 aliphatic rings. The van der Waals surface area contributed by atoms with E-state index in [4.69, 9.17) is 45.0 Å². The number of amides is 1. The number of carbonyl (C=O) groups excluding carboxylic acids is 1. The van der Waals surface area contributed by atoms with E-state index in [0.29, 0.717) is 26.4 Å². The Kier molecular flexibility index (Phi) is 7.41. The van der Waals surface area contributed by atoms with Gasteiger partial charge in [-0.25, -0.2) is 4.68 Å². The second-order valence-corrected chi connectivity index (χ2v) is 9.26. The largest absolute Gasteiger partial charge is 0.395 e. The summed E-state index contributed by atoms with van der Waals surface area (Å²) in [6, 6.07) is 13.2. The molecule has 5 nitrogen and oxygen atoms in total. The highest BCUT2D eigenvalue weighted by atomic mass is 35.5. The van der Waals surface area contributed by atoms with Gasteiger partial charge in [-0.3, -0.25) is 4.79 Å². The normalized spacial score (nSPS) is 15.8. The molecule has 1 amide bonds. The minimum absolute atomic E-state index is 0.130. The van der Waals surface area contributed by atoms with Gasteiger partial charge in [0.15, 0.2) is 5.69 Å². The van der Waals surface area contributed by atoms with Crippen LogP contribution in [0.1, 0.15) is 52.5 Å². The van der Waals surface area contributed by atoms with Crippen molar-refractivity contribution in [3.05, 3.63) is 80.0 Å². The number of benzene rings is 2. The van der Waals surface area contributed by atoms with Gasteiger partial charge in [-0.2, -0.15) is 5.10 Å². The van der Waals surface area contributed by atoms with Gasteiger partial charge in [-0.05, 0) is 61.6 Å². The molecular formula is C24H24Cl3N3O2. The van der Waals surface area contributed by atoms with Gasteiger partial charge >= 0.3 is 0 Å². The molecule has 0 radical (unpaired) electrons. The monoisotopic (exact) mass is 491 g/mol. The number of nitrogens with one attached hydrogen (secondary N) is 1. The summed E-state index contributed by atoms with van der Waals surface area (Å²) in [5, 5.41) is 18.3. The fourth-order valence-electron chi connectivity index (χ4n) is 4.38. The Bertz CT molecular complexity index is 1130. The van der Waals surface area contributed by atoms with Crippen LogP contribution < -0.4 is 5.32 Å². The Morgan fingerprint density at radius 1 is 1.12 bits per heavy atom. The zero-order chi connectivity index (χ0) is 22.7. The molecule has 8 heteroatoms. The lowest BCUT2D eigenvalue weighted by Crippen LogP contribution is -2.27. The highest BCUT2D eigenvalue weighted by Gasteiger charge is 2.31. The molecule has 2 aromatic carbocycles. The molecule has 0 spiro atoms. The zero-order valence-corrected chi connectivity index (χ0v) is 19.7. The number of fused-ring (bicyclic) bond motifs is 1. The van der Waals surface area contributed by atoms with E-state index in [9.17, 15) is 4.79 Å². The maximum absolute atomic E-state index is 12.9. The number of aromatic nitrogens is 2. The van der Waals surface area contributed by atoms with Crippen LogP contribution in [0, 0.1) is 0 Å². The van der Waals surface area contributed by atoms with Crippen LogP contribution in [0.4, 0.5) is 0 Å². The fourth-order valence-corrected chi connectivity index (χ4v) is 5.08. The third-order valence-electron chi connectivity index (χ3n) is 5.76. The van der Waals surface area contributed by atoms with E-state index < -0.39 is 0 Å². The fraction of sp³-hybridized carbons (Fsp3) is 0.333. The van der Waals surface area contributed by atoms with Crippen molar-refractivity contribution >= 4 is 40.7 Å². The number of halogens is 3. The number of aliphatic hydroxyl groups is 1. The van der Waals surface area contributed by atoms with Gasteiger partial charge in [0.25, 0.3) is 5.91 Å². The molecule has 3 aromatic rings. The third-order valence-corrected chi connectivity index (χ3v) is 6.53. The molecule has 0 aliphatic heterocycles. The van der Waals surface area contributed by atoms with Crippen molar-refractivity contribution in [1.82, 2.24) is 15.1 Å². The van der Waals surface area contributed by atoms with E-state index in [2.05, 4.69) is 11.4 Å². The molecule has 168 valence electrons. The Hall–Kier alpha value is -2.05. The van der Waals surface area contributed by atoms with Gasteiger partial charge in [0.1, 0.15) is 0 Å². The highest BCUT2D eigenvalue weighted by molar-refractivity contribution is 6.35. The molecule has 4 rings (SSSR count). The van der Waals surface area contributed by atoms with Gasteiger partial charge in [-0.15, -0.1) is 0 Å². The van der Waals surface area contributed by atoms with E-state index in [1.54, 1.807) is 12.1 Å². The summed E-state index contributed by atoms with van der Waals surface area (Å²) in [6.45, 7) is 0.0448. The van der Waals surface area contributed by atoms with Crippen molar-refractivity contribution in [3.63, 3.8) is 0 Å². The molecule has 1 heterocycles. The third kappa shape index (κ3) is 4.96. The van der Waals surface area contributed by atoms with Crippen LogP contribution >= 0.6 is 34.8 Å². The van der Waals surface area contributed by atoms with E-state index >= 15 is 0 Å². The first kappa shape index (κ1) is 23.1.